The van der Waals surface area contributed by atoms with Gasteiger partial charge in [-0.25, -0.2) is 0 Å². The number of nitrogens with two attached hydrogens (primary N) is 1. The second-order valence-corrected chi connectivity index (χ2v) is 4.57. The molecule has 2 N–H and O–H groups in total. The highest BCUT2D eigenvalue weighted by Gasteiger charge is 2.30. The SMILES string of the molecule is CC(N)C(=O)c1cc2c(c3c1CCO3)OCC2. The van der Waals surface area contributed by atoms with Crippen molar-refractivity contribution in [3.63, 3.8) is 0 Å². The van der Waals surface area contributed by atoms with E-state index >= 15 is 0 Å². The number of ketones is 1. The van der Waals surface area contributed by atoms with E-state index in [1.807, 2.05) is 6.07 Å². The molecule has 1 atom stereocenters. The Morgan fingerprint density at radius 2 is 2.00 bits per heavy atom. The van der Waals surface area contributed by atoms with Gasteiger partial charge in [0, 0.05) is 29.5 Å². The van der Waals surface area contributed by atoms with Gasteiger partial charge >= 0.3 is 0 Å². The summed E-state index contributed by atoms with van der Waals surface area (Å²) in [5.74, 6) is 1.59. The molecule has 1 aromatic carbocycles. The zero-order valence-electron chi connectivity index (χ0n) is 9.79. The minimum absolute atomic E-state index is 0.0125. The zero-order chi connectivity index (χ0) is 12.0. The smallest absolute Gasteiger partial charge is 0.179 e. The standard InChI is InChI=1S/C13H15NO3/c1-7(14)11(15)10-6-8-2-4-16-12(8)13-9(10)3-5-17-13/h6-7H,2-5,14H2,1H3. The maximum atomic E-state index is 12.1. The number of hydrogen-bond donors (Lipinski definition) is 1. The predicted octanol–water partition coefficient (Wildman–Crippen LogP) is 1.09. The summed E-state index contributed by atoms with van der Waals surface area (Å²) in [5.41, 5.74) is 8.44. The molecule has 0 saturated heterocycles. The lowest BCUT2D eigenvalue weighted by Gasteiger charge is -2.12. The highest BCUT2D eigenvalue weighted by atomic mass is 16.5. The van der Waals surface area contributed by atoms with Crippen molar-refractivity contribution < 1.29 is 14.3 Å². The number of carbonyl (C=O) groups is 1. The summed E-state index contributed by atoms with van der Waals surface area (Å²) in [6.45, 7) is 3.00. The highest BCUT2D eigenvalue weighted by Crippen LogP contribution is 2.43. The molecule has 0 bridgehead atoms. The van der Waals surface area contributed by atoms with Gasteiger partial charge in [0.25, 0.3) is 0 Å². The Kier molecular flexibility index (Phi) is 2.33. The number of ether oxygens (including phenoxy) is 2. The van der Waals surface area contributed by atoms with Crippen LogP contribution in [-0.4, -0.2) is 25.0 Å². The lowest BCUT2D eigenvalue weighted by Crippen LogP contribution is -2.27. The van der Waals surface area contributed by atoms with Gasteiger partial charge in [0.05, 0.1) is 19.3 Å². The van der Waals surface area contributed by atoms with Crippen LogP contribution in [0.5, 0.6) is 11.5 Å². The maximum absolute atomic E-state index is 12.1. The van der Waals surface area contributed by atoms with E-state index in [4.69, 9.17) is 15.2 Å². The van der Waals surface area contributed by atoms with E-state index in [-0.39, 0.29) is 5.78 Å². The van der Waals surface area contributed by atoms with Crippen molar-refractivity contribution in [2.45, 2.75) is 25.8 Å². The van der Waals surface area contributed by atoms with Gasteiger partial charge in [-0.1, -0.05) is 0 Å². The summed E-state index contributed by atoms with van der Waals surface area (Å²) < 4.78 is 11.2. The van der Waals surface area contributed by atoms with Gasteiger partial charge in [-0.05, 0) is 13.0 Å². The summed E-state index contributed by atoms with van der Waals surface area (Å²) in [5, 5.41) is 0. The molecule has 4 heteroatoms. The van der Waals surface area contributed by atoms with Gasteiger partial charge in [-0.15, -0.1) is 0 Å². The summed E-state index contributed by atoms with van der Waals surface area (Å²) in [6, 6.07) is 1.46. The summed E-state index contributed by atoms with van der Waals surface area (Å²) in [7, 11) is 0. The number of rotatable bonds is 2. The average Bonchev–Trinajstić information content (AvgIpc) is 2.93. The molecule has 0 amide bonds. The van der Waals surface area contributed by atoms with Gasteiger partial charge in [-0.3, -0.25) is 4.79 Å². The molecule has 90 valence electrons. The molecular weight excluding hydrogens is 218 g/mol. The first-order valence-electron chi connectivity index (χ1n) is 5.92. The predicted molar refractivity (Wildman–Crippen MR) is 62.8 cm³/mol. The van der Waals surface area contributed by atoms with Crippen molar-refractivity contribution in [2.75, 3.05) is 13.2 Å². The Hall–Kier alpha value is -1.55. The van der Waals surface area contributed by atoms with E-state index in [9.17, 15) is 4.79 Å². The second kappa shape index (κ2) is 3.74. The van der Waals surface area contributed by atoms with Crippen molar-refractivity contribution in [1.82, 2.24) is 0 Å². The van der Waals surface area contributed by atoms with Crippen molar-refractivity contribution in [1.29, 1.82) is 0 Å². The molecular formula is C13H15NO3. The van der Waals surface area contributed by atoms with Crippen LogP contribution in [0.25, 0.3) is 0 Å². The van der Waals surface area contributed by atoms with E-state index in [1.165, 1.54) is 0 Å². The number of fused-ring (bicyclic) bond motifs is 3. The van der Waals surface area contributed by atoms with Crippen LogP contribution in [0.4, 0.5) is 0 Å². The van der Waals surface area contributed by atoms with Gasteiger partial charge in [0.15, 0.2) is 17.3 Å². The molecule has 0 aliphatic carbocycles. The first-order chi connectivity index (χ1) is 8.18. The zero-order valence-corrected chi connectivity index (χ0v) is 9.79. The minimum atomic E-state index is -0.472. The molecule has 17 heavy (non-hydrogen) atoms. The minimum Gasteiger partial charge on any atom is -0.489 e. The summed E-state index contributed by atoms with van der Waals surface area (Å²) in [4.78, 5) is 12.1. The Labute approximate surface area is 99.7 Å². The molecule has 2 heterocycles. The fourth-order valence-corrected chi connectivity index (χ4v) is 2.46. The molecule has 1 aromatic rings. The van der Waals surface area contributed by atoms with E-state index in [0.29, 0.717) is 13.2 Å². The van der Waals surface area contributed by atoms with E-state index < -0.39 is 6.04 Å². The van der Waals surface area contributed by atoms with Crippen molar-refractivity contribution in [2.24, 2.45) is 5.73 Å². The van der Waals surface area contributed by atoms with Crippen LogP contribution in [0, 0.1) is 0 Å². The lowest BCUT2D eigenvalue weighted by molar-refractivity contribution is 0.0967. The molecule has 0 fully saturated rings. The van der Waals surface area contributed by atoms with Crippen molar-refractivity contribution in [3.05, 3.63) is 22.8 Å². The van der Waals surface area contributed by atoms with Crippen LogP contribution < -0.4 is 15.2 Å². The van der Waals surface area contributed by atoms with Gasteiger partial charge in [-0.2, -0.15) is 0 Å². The summed E-state index contributed by atoms with van der Waals surface area (Å²) >= 11 is 0. The molecule has 2 aliphatic heterocycles. The first kappa shape index (κ1) is 10.6. The monoisotopic (exact) mass is 233 g/mol. The molecule has 0 spiro atoms. The average molecular weight is 233 g/mol. The van der Waals surface area contributed by atoms with E-state index in [0.717, 1.165) is 41.0 Å². The van der Waals surface area contributed by atoms with Crippen molar-refractivity contribution in [3.8, 4) is 11.5 Å². The Morgan fingerprint density at radius 3 is 2.76 bits per heavy atom. The normalized spacial score (nSPS) is 18.0. The third-order valence-corrected chi connectivity index (χ3v) is 3.31. The third kappa shape index (κ3) is 1.52. The van der Waals surface area contributed by atoms with Crippen molar-refractivity contribution >= 4 is 5.78 Å². The molecule has 0 saturated carbocycles. The lowest BCUT2D eigenvalue weighted by atomic mass is 9.95. The summed E-state index contributed by atoms with van der Waals surface area (Å²) in [6.07, 6.45) is 1.60. The molecule has 2 aliphatic rings. The quantitative estimate of drug-likeness (QED) is 0.777. The molecule has 0 radical (unpaired) electrons. The van der Waals surface area contributed by atoms with Gasteiger partial charge in [0.1, 0.15) is 0 Å². The molecule has 1 unspecified atom stereocenters. The van der Waals surface area contributed by atoms with Crippen LogP contribution in [0.3, 0.4) is 0 Å². The second-order valence-electron chi connectivity index (χ2n) is 4.57. The number of benzene rings is 1. The topological polar surface area (TPSA) is 61.6 Å². The van der Waals surface area contributed by atoms with E-state index in [2.05, 4.69) is 0 Å². The fourth-order valence-electron chi connectivity index (χ4n) is 2.46. The Bertz CT molecular complexity index is 494. The third-order valence-electron chi connectivity index (χ3n) is 3.31. The number of carbonyl (C=O) groups excluding carboxylic acids is 1. The van der Waals surface area contributed by atoms with Gasteiger partial charge in [0.2, 0.25) is 0 Å². The Balaban J connectivity index is 2.17. The van der Waals surface area contributed by atoms with Crippen LogP contribution in [-0.2, 0) is 12.8 Å². The maximum Gasteiger partial charge on any atom is 0.179 e. The largest absolute Gasteiger partial charge is 0.489 e. The molecule has 4 nitrogen and oxygen atoms in total. The van der Waals surface area contributed by atoms with E-state index in [1.54, 1.807) is 6.92 Å². The molecule has 3 rings (SSSR count). The van der Waals surface area contributed by atoms with Crippen LogP contribution in [0.15, 0.2) is 6.07 Å². The fraction of sp³-hybridized carbons (Fsp3) is 0.462. The van der Waals surface area contributed by atoms with Crippen LogP contribution >= 0.6 is 0 Å². The number of Topliss-reactive ketones (excluding diaryl/α,β-unsaturated/α-hetero) is 1. The highest BCUT2D eigenvalue weighted by molar-refractivity contribution is 6.02. The van der Waals surface area contributed by atoms with Crippen LogP contribution in [0.1, 0.15) is 28.4 Å². The van der Waals surface area contributed by atoms with Gasteiger partial charge < -0.3 is 15.2 Å². The number of hydrogen-bond acceptors (Lipinski definition) is 4. The first-order valence-corrected chi connectivity index (χ1v) is 5.92. The Morgan fingerprint density at radius 1 is 1.29 bits per heavy atom. The molecule has 0 aromatic heterocycles. The van der Waals surface area contributed by atoms with Crippen LogP contribution in [0.2, 0.25) is 0 Å².